The first-order valence-corrected chi connectivity index (χ1v) is 10.4. The van der Waals surface area contributed by atoms with Crippen molar-refractivity contribution >= 4 is 29.6 Å². The quantitative estimate of drug-likeness (QED) is 0.389. The third-order valence-electron chi connectivity index (χ3n) is 5.63. The molecule has 1 aromatic heterocycles. The first kappa shape index (κ1) is 23.8. The van der Waals surface area contributed by atoms with E-state index in [4.69, 9.17) is 9.26 Å². The van der Waals surface area contributed by atoms with Gasteiger partial charge in [-0.1, -0.05) is 23.4 Å². The fraction of sp³-hybridized carbons (Fsp3) is 0.333. The fourth-order valence-electron chi connectivity index (χ4n) is 3.94. The number of likely N-dealkylation sites (tertiary alicyclic amines) is 1. The first-order chi connectivity index (χ1) is 15.1. The smallest absolute Gasteiger partial charge is 0.161 e. The van der Waals surface area contributed by atoms with Crippen LogP contribution in [0.4, 0.5) is 4.39 Å². The van der Waals surface area contributed by atoms with Gasteiger partial charge in [0.2, 0.25) is 0 Å². The van der Waals surface area contributed by atoms with Gasteiger partial charge in [-0.3, -0.25) is 4.90 Å². The Morgan fingerprint density at radius 2 is 2.00 bits per heavy atom. The van der Waals surface area contributed by atoms with Crippen molar-refractivity contribution in [1.29, 1.82) is 0 Å². The Bertz CT molecular complexity index is 1080. The molecule has 0 amide bonds. The van der Waals surface area contributed by atoms with Gasteiger partial charge < -0.3 is 19.2 Å². The van der Waals surface area contributed by atoms with Crippen LogP contribution in [-0.4, -0.2) is 47.7 Å². The third-order valence-corrected chi connectivity index (χ3v) is 5.63. The van der Waals surface area contributed by atoms with E-state index in [0.29, 0.717) is 30.2 Å². The lowest BCUT2D eigenvalue weighted by Crippen LogP contribution is -2.33. The monoisotopic (exact) mass is 460 g/mol. The van der Waals surface area contributed by atoms with Crippen molar-refractivity contribution in [2.75, 3.05) is 26.2 Å². The van der Waals surface area contributed by atoms with Crippen molar-refractivity contribution in [3.8, 4) is 11.5 Å². The normalized spacial score (nSPS) is 15.2. The molecule has 2 aromatic carbocycles. The van der Waals surface area contributed by atoms with Gasteiger partial charge in [0, 0.05) is 30.3 Å². The number of carbonyl (C=O) groups excluding carboxylic acids is 1. The Kier molecular flexibility index (Phi) is 8.25. The predicted molar refractivity (Wildman–Crippen MR) is 122 cm³/mol. The Labute approximate surface area is 192 Å². The predicted octanol–water partition coefficient (Wildman–Crippen LogP) is 4.65. The highest BCUT2D eigenvalue weighted by Crippen LogP contribution is 2.33. The number of aromatic nitrogens is 1. The number of halogens is 2. The van der Waals surface area contributed by atoms with Crippen LogP contribution in [0, 0.1) is 5.82 Å². The number of nitrogens with zero attached hydrogens (tertiary/aromatic N) is 2. The maximum absolute atomic E-state index is 13.3. The molecule has 6 nitrogen and oxygen atoms in total. The van der Waals surface area contributed by atoms with Crippen molar-refractivity contribution in [2.45, 2.75) is 25.2 Å². The number of hydrogen-bond donors (Lipinski definition) is 1. The number of phenols is 1. The van der Waals surface area contributed by atoms with Crippen molar-refractivity contribution < 1.29 is 23.6 Å². The Balaban J connectivity index is 0.00000289. The maximum Gasteiger partial charge on any atom is 0.161 e. The molecule has 2 heterocycles. The second kappa shape index (κ2) is 11.1. The van der Waals surface area contributed by atoms with Gasteiger partial charge >= 0.3 is 0 Å². The number of carbonyl (C=O) groups is 1. The number of rotatable bonds is 8. The molecule has 0 unspecified atom stereocenters. The number of hydrogen-bond acceptors (Lipinski definition) is 6. The zero-order valence-corrected chi connectivity index (χ0v) is 18.4. The molecule has 0 radical (unpaired) electrons. The molecule has 0 atom stereocenters. The summed E-state index contributed by atoms with van der Waals surface area (Å²) in [6, 6.07) is 9.53. The lowest BCUT2D eigenvalue weighted by molar-refractivity contribution is -0.107. The van der Waals surface area contributed by atoms with Crippen molar-refractivity contribution in [1.82, 2.24) is 10.1 Å². The van der Waals surface area contributed by atoms with Crippen LogP contribution in [0.15, 0.2) is 53.1 Å². The van der Waals surface area contributed by atoms with E-state index >= 15 is 0 Å². The summed E-state index contributed by atoms with van der Waals surface area (Å²) in [5.41, 5.74) is 1.38. The van der Waals surface area contributed by atoms with E-state index < -0.39 is 0 Å². The maximum atomic E-state index is 13.3. The molecular formula is C24H26ClFN2O4. The van der Waals surface area contributed by atoms with E-state index in [1.54, 1.807) is 18.2 Å². The molecular weight excluding hydrogens is 435 g/mol. The van der Waals surface area contributed by atoms with Crippen LogP contribution in [-0.2, 0) is 11.2 Å². The van der Waals surface area contributed by atoms with Gasteiger partial charge in [-0.2, -0.15) is 0 Å². The van der Waals surface area contributed by atoms with Crippen LogP contribution < -0.4 is 4.74 Å². The van der Waals surface area contributed by atoms with E-state index in [0.717, 1.165) is 55.5 Å². The Hall–Kier alpha value is -2.90. The number of phenolic OH excluding ortho intramolecular Hbond substituents is 1. The van der Waals surface area contributed by atoms with Crippen molar-refractivity contribution in [3.05, 3.63) is 65.7 Å². The molecule has 0 bridgehead atoms. The highest BCUT2D eigenvalue weighted by atomic mass is 35.5. The highest BCUT2D eigenvalue weighted by molar-refractivity contribution is 5.85. The molecule has 1 fully saturated rings. The average molecular weight is 461 g/mol. The van der Waals surface area contributed by atoms with Gasteiger partial charge in [0.15, 0.2) is 11.5 Å². The molecule has 0 aliphatic carbocycles. The topological polar surface area (TPSA) is 75.8 Å². The number of aldehydes is 1. The molecule has 32 heavy (non-hydrogen) atoms. The molecule has 1 aliphatic heterocycles. The first-order valence-electron chi connectivity index (χ1n) is 10.4. The lowest BCUT2D eigenvalue weighted by Gasteiger charge is -2.30. The number of ether oxygens (including phenoxy) is 1. The van der Waals surface area contributed by atoms with Gasteiger partial charge in [0.25, 0.3) is 0 Å². The van der Waals surface area contributed by atoms with Crippen LogP contribution in [0.5, 0.6) is 11.5 Å². The summed E-state index contributed by atoms with van der Waals surface area (Å²) in [4.78, 5) is 13.0. The second-order valence-electron chi connectivity index (χ2n) is 7.74. The van der Waals surface area contributed by atoms with Crippen LogP contribution in [0.1, 0.15) is 30.1 Å². The molecule has 1 N–H and O–H groups in total. The zero-order chi connectivity index (χ0) is 21.6. The minimum Gasteiger partial charge on any atom is -0.504 e. The number of piperidine rings is 1. The second-order valence-corrected chi connectivity index (χ2v) is 7.74. The van der Waals surface area contributed by atoms with E-state index in [1.165, 1.54) is 18.2 Å². The summed E-state index contributed by atoms with van der Waals surface area (Å²) < 4.78 is 24.5. The van der Waals surface area contributed by atoms with Gasteiger partial charge in [-0.15, -0.1) is 12.4 Å². The molecule has 0 saturated carbocycles. The molecule has 170 valence electrons. The summed E-state index contributed by atoms with van der Waals surface area (Å²) in [5.74, 6) is 1.29. The van der Waals surface area contributed by atoms with Crippen molar-refractivity contribution in [3.63, 3.8) is 0 Å². The van der Waals surface area contributed by atoms with E-state index in [2.05, 4.69) is 16.1 Å². The Morgan fingerprint density at radius 1 is 1.19 bits per heavy atom. The molecule has 3 aromatic rings. The minimum absolute atomic E-state index is 0. The SMILES string of the molecule is Cl.O=CCc1ccc(O)c(OC/C=C/CN2CCC(c3onc4cc(F)ccc34)CC2)c1. The molecule has 0 spiro atoms. The molecule has 8 heteroatoms. The van der Waals surface area contributed by atoms with Crippen LogP contribution in [0.2, 0.25) is 0 Å². The van der Waals surface area contributed by atoms with Gasteiger partial charge in [-0.05, 0) is 55.8 Å². The van der Waals surface area contributed by atoms with Crippen molar-refractivity contribution in [2.24, 2.45) is 0 Å². The highest BCUT2D eigenvalue weighted by Gasteiger charge is 2.25. The third kappa shape index (κ3) is 5.66. The summed E-state index contributed by atoms with van der Waals surface area (Å²) in [6.45, 7) is 3.03. The standard InChI is InChI=1S/C24H25FN2O4.ClH/c25-19-4-5-20-21(16-19)26-31-24(20)18-7-11-27(12-8-18)10-1-2-14-30-23-15-17(9-13-28)3-6-22(23)29;/h1-6,13,15-16,18,29H,7-12,14H2;1H/b2-1+;. The van der Waals surface area contributed by atoms with Crippen LogP contribution >= 0.6 is 12.4 Å². The van der Waals surface area contributed by atoms with E-state index in [-0.39, 0.29) is 24.0 Å². The molecule has 1 saturated heterocycles. The lowest BCUT2D eigenvalue weighted by atomic mass is 9.92. The summed E-state index contributed by atoms with van der Waals surface area (Å²) in [6.07, 6.45) is 7.02. The van der Waals surface area contributed by atoms with E-state index in [1.807, 2.05) is 6.08 Å². The molecule has 4 rings (SSSR count). The van der Waals surface area contributed by atoms with Gasteiger partial charge in [-0.25, -0.2) is 4.39 Å². The van der Waals surface area contributed by atoms with Gasteiger partial charge in [0.1, 0.15) is 30.0 Å². The number of fused-ring (bicyclic) bond motifs is 1. The van der Waals surface area contributed by atoms with E-state index in [9.17, 15) is 14.3 Å². The molecule has 1 aliphatic rings. The largest absolute Gasteiger partial charge is 0.504 e. The summed E-state index contributed by atoms with van der Waals surface area (Å²) >= 11 is 0. The van der Waals surface area contributed by atoms with Gasteiger partial charge in [0.05, 0.1) is 0 Å². The summed E-state index contributed by atoms with van der Waals surface area (Å²) in [7, 11) is 0. The minimum atomic E-state index is -0.304. The number of aromatic hydroxyl groups is 1. The van der Waals surface area contributed by atoms with Crippen LogP contribution in [0.3, 0.4) is 0 Å². The zero-order valence-electron chi connectivity index (χ0n) is 17.6. The van der Waals surface area contributed by atoms with Crippen LogP contribution in [0.25, 0.3) is 10.9 Å². The summed E-state index contributed by atoms with van der Waals surface area (Å²) in [5, 5.41) is 14.8. The average Bonchev–Trinajstić information content (AvgIpc) is 3.19. The Morgan fingerprint density at radius 3 is 2.78 bits per heavy atom. The number of benzene rings is 2. The fourth-order valence-corrected chi connectivity index (χ4v) is 3.94.